The SMILES string of the molecule is CCN1CC(=O)N(CC(=O)N2CCC(=O)CC2)CC1=O. The van der Waals surface area contributed by atoms with Crippen LogP contribution in [0.3, 0.4) is 0 Å². The molecule has 0 spiro atoms. The van der Waals surface area contributed by atoms with Crippen molar-refractivity contribution in [2.45, 2.75) is 19.8 Å². The number of piperazine rings is 1. The highest BCUT2D eigenvalue weighted by atomic mass is 16.2. The first-order valence-corrected chi connectivity index (χ1v) is 6.86. The zero-order chi connectivity index (χ0) is 14.7. The van der Waals surface area contributed by atoms with Crippen molar-refractivity contribution in [3.8, 4) is 0 Å². The Kier molecular flexibility index (Phi) is 4.36. The topological polar surface area (TPSA) is 78.0 Å². The number of carbonyl (C=O) groups is 4. The van der Waals surface area contributed by atoms with Crippen LogP contribution in [0.2, 0.25) is 0 Å². The number of piperidine rings is 1. The fraction of sp³-hybridized carbons (Fsp3) is 0.692. The Hall–Kier alpha value is -1.92. The molecule has 2 aliphatic heterocycles. The van der Waals surface area contributed by atoms with E-state index >= 15 is 0 Å². The van der Waals surface area contributed by atoms with Gasteiger partial charge >= 0.3 is 0 Å². The van der Waals surface area contributed by atoms with Gasteiger partial charge in [0.2, 0.25) is 17.7 Å². The summed E-state index contributed by atoms with van der Waals surface area (Å²) in [7, 11) is 0. The normalized spacial score (nSPS) is 20.6. The van der Waals surface area contributed by atoms with E-state index in [1.165, 1.54) is 9.80 Å². The molecule has 0 aromatic rings. The van der Waals surface area contributed by atoms with Gasteiger partial charge in [0.05, 0.1) is 6.54 Å². The van der Waals surface area contributed by atoms with E-state index in [9.17, 15) is 19.2 Å². The number of rotatable bonds is 3. The van der Waals surface area contributed by atoms with Gasteiger partial charge in [0.15, 0.2) is 0 Å². The van der Waals surface area contributed by atoms with E-state index in [0.717, 1.165) is 0 Å². The van der Waals surface area contributed by atoms with Gasteiger partial charge < -0.3 is 14.7 Å². The summed E-state index contributed by atoms with van der Waals surface area (Å²) in [6.07, 6.45) is 0.754. The molecule has 7 nitrogen and oxygen atoms in total. The Morgan fingerprint density at radius 3 is 2.15 bits per heavy atom. The van der Waals surface area contributed by atoms with Crippen molar-refractivity contribution < 1.29 is 19.2 Å². The predicted octanol–water partition coefficient (Wildman–Crippen LogP) is -1.13. The quantitative estimate of drug-likeness (QED) is 0.656. The van der Waals surface area contributed by atoms with Gasteiger partial charge in [-0.2, -0.15) is 0 Å². The molecule has 0 aliphatic carbocycles. The molecule has 110 valence electrons. The highest BCUT2D eigenvalue weighted by Crippen LogP contribution is 2.09. The third kappa shape index (κ3) is 3.15. The third-order valence-corrected chi connectivity index (χ3v) is 3.74. The number of likely N-dealkylation sites (N-methyl/N-ethyl adjacent to an activating group) is 1. The van der Waals surface area contributed by atoms with Crippen LogP contribution in [-0.2, 0) is 19.2 Å². The maximum Gasteiger partial charge on any atom is 0.243 e. The molecule has 2 saturated heterocycles. The number of hydrogen-bond acceptors (Lipinski definition) is 4. The van der Waals surface area contributed by atoms with Gasteiger partial charge in [-0.3, -0.25) is 19.2 Å². The molecule has 20 heavy (non-hydrogen) atoms. The molecule has 0 aromatic carbocycles. The first-order chi connectivity index (χ1) is 9.51. The van der Waals surface area contributed by atoms with Crippen LogP contribution in [0.15, 0.2) is 0 Å². The fourth-order valence-corrected chi connectivity index (χ4v) is 2.40. The van der Waals surface area contributed by atoms with Crippen LogP contribution in [0.25, 0.3) is 0 Å². The summed E-state index contributed by atoms with van der Waals surface area (Å²) in [4.78, 5) is 51.2. The zero-order valence-electron chi connectivity index (χ0n) is 11.6. The Morgan fingerprint density at radius 2 is 1.55 bits per heavy atom. The van der Waals surface area contributed by atoms with E-state index in [-0.39, 0.29) is 43.1 Å². The minimum Gasteiger partial charge on any atom is -0.340 e. The van der Waals surface area contributed by atoms with E-state index < -0.39 is 0 Å². The third-order valence-electron chi connectivity index (χ3n) is 3.74. The van der Waals surface area contributed by atoms with Crippen LogP contribution in [0.1, 0.15) is 19.8 Å². The Bertz CT molecular complexity index is 439. The molecule has 0 atom stereocenters. The van der Waals surface area contributed by atoms with Gasteiger partial charge in [-0.25, -0.2) is 0 Å². The Morgan fingerprint density at radius 1 is 1.00 bits per heavy atom. The summed E-state index contributed by atoms with van der Waals surface area (Å²) in [5, 5.41) is 0. The van der Waals surface area contributed by atoms with Crippen molar-refractivity contribution in [3.63, 3.8) is 0 Å². The summed E-state index contributed by atoms with van der Waals surface area (Å²) in [5.41, 5.74) is 0. The minimum atomic E-state index is -0.201. The standard InChI is InChI=1S/C13H19N3O4/c1-2-14-7-13(20)16(8-11(14)18)9-12(19)15-5-3-10(17)4-6-15/h2-9H2,1H3. The number of carbonyl (C=O) groups excluding carboxylic acids is 4. The second-order valence-corrected chi connectivity index (χ2v) is 5.08. The minimum absolute atomic E-state index is 0.0365. The van der Waals surface area contributed by atoms with Crippen molar-refractivity contribution >= 4 is 23.5 Å². The highest BCUT2D eigenvalue weighted by molar-refractivity contribution is 5.95. The molecule has 0 radical (unpaired) electrons. The highest BCUT2D eigenvalue weighted by Gasteiger charge is 2.31. The molecular formula is C13H19N3O4. The smallest absolute Gasteiger partial charge is 0.243 e. The van der Waals surface area contributed by atoms with Crippen molar-refractivity contribution in [2.24, 2.45) is 0 Å². The second kappa shape index (κ2) is 6.02. The average Bonchev–Trinajstić information content (AvgIpc) is 2.43. The lowest BCUT2D eigenvalue weighted by atomic mass is 10.1. The lowest BCUT2D eigenvalue weighted by Gasteiger charge is -2.34. The summed E-state index contributed by atoms with van der Waals surface area (Å²) >= 11 is 0. The lowest BCUT2D eigenvalue weighted by Crippen LogP contribution is -2.56. The van der Waals surface area contributed by atoms with Crippen LogP contribution in [0, 0.1) is 0 Å². The Labute approximate surface area is 117 Å². The van der Waals surface area contributed by atoms with Gasteiger partial charge in [-0.1, -0.05) is 0 Å². The molecule has 2 rings (SSSR count). The summed E-state index contributed by atoms with van der Waals surface area (Å²) in [6, 6.07) is 0. The van der Waals surface area contributed by atoms with E-state index in [2.05, 4.69) is 0 Å². The number of ketones is 1. The second-order valence-electron chi connectivity index (χ2n) is 5.08. The maximum atomic E-state index is 12.1. The van der Waals surface area contributed by atoms with Crippen molar-refractivity contribution in [2.75, 3.05) is 39.3 Å². The largest absolute Gasteiger partial charge is 0.340 e. The summed E-state index contributed by atoms with van der Waals surface area (Å²) < 4.78 is 0. The van der Waals surface area contributed by atoms with Crippen LogP contribution in [0.4, 0.5) is 0 Å². The van der Waals surface area contributed by atoms with Crippen LogP contribution >= 0.6 is 0 Å². The number of likely N-dealkylation sites (tertiary alicyclic amines) is 1. The fourth-order valence-electron chi connectivity index (χ4n) is 2.40. The van der Waals surface area contributed by atoms with Crippen molar-refractivity contribution in [3.05, 3.63) is 0 Å². The number of Topliss-reactive ketones (excluding diaryl/α,β-unsaturated/α-hetero) is 1. The molecule has 0 N–H and O–H groups in total. The van der Waals surface area contributed by atoms with Gasteiger partial charge in [-0.05, 0) is 6.92 Å². The van der Waals surface area contributed by atoms with Gasteiger partial charge in [0.25, 0.3) is 0 Å². The summed E-state index contributed by atoms with van der Waals surface area (Å²) in [6.45, 7) is 3.07. The van der Waals surface area contributed by atoms with E-state index in [1.54, 1.807) is 4.90 Å². The molecule has 0 saturated carbocycles. The molecule has 0 unspecified atom stereocenters. The average molecular weight is 281 g/mol. The molecule has 0 bridgehead atoms. The lowest BCUT2D eigenvalue weighted by molar-refractivity contribution is -0.153. The number of nitrogens with zero attached hydrogens (tertiary/aromatic N) is 3. The maximum absolute atomic E-state index is 12.1. The van der Waals surface area contributed by atoms with E-state index in [1.807, 2.05) is 6.92 Å². The van der Waals surface area contributed by atoms with Crippen LogP contribution in [0.5, 0.6) is 0 Å². The molecule has 3 amide bonds. The first-order valence-electron chi connectivity index (χ1n) is 6.86. The molecule has 2 fully saturated rings. The van der Waals surface area contributed by atoms with E-state index in [0.29, 0.717) is 32.5 Å². The van der Waals surface area contributed by atoms with Crippen molar-refractivity contribution in [1.82, 2.24) is 14.7 Å². The molecule has 7 heteroatoms. The molecular weight excluding hydrogens is 262 g/mol. The molecule has 0 aromatic heterocycles. The first kappa shape index (κ1) is 14.5. The van der Waals surface area contributed by atoms with Crippen LogP contribution in [-0.4, -0.2) is 77.5 Å². The van der Waals surface area contributed by atoms with E-state index in [4.69, 9.17) is 0 Å². The number of amides is 3. The molecule has 2 aliphatic rings. The Balaban J connectivity index is 1.89. The monoisotopic (exact) mass is 281 g/mol. The van der Waals surface area contributed by atoms with Gasteiger partial charge in [-0.15, -0.1) is 0 Å². The van der Waals surface area contributed by atoms with Gasteiger partial charge in [0, 0.05) is 32.5 Å². The number of hydrogen-bond donors (Lipinski definition) is 0. The zero-order valence-corrected chi connectivity index (χ0v) is 11.6. The predicted molar refractivity (Wildman–Crippen MR) is 69.7 cm³/mol. The van der Waals surface area contributed by atoms with Gasteiger partial charge in [0.1, 0.15) is 18.9 Å². The molecule has 2 heterocycles. The van der Waals surface area contributed by atoms with Crippen LogP contribution < -0.4 is 0 Å². The van der Waals surface area contributed by atoms with Crippen molar-refractivity contribution in [1.29, 1.82) is 0 Å². The summed E-state index contributed by atoms with van der Waals surface area (Å²) in [5.74, 6) is -0.359.